The zero-order valence-corrected chi connectivity index (χ0v) is 56.5. The summed E-state index contributed by atoms with van der Waals surface area (Å²) in [7, 11) is 0. The number of carbonyl (C=O) groups excluding carboxylic acids is 3. The summed E-state index contributed by atoms with van der Waals surface area (Å²) in [6, 6.07) is 0. The van der Waals surface area contributed by atoms with Gasteiger partial charge in [0.1, 0.15) is 0 Å². The molecule has 0 bridgehead atoms. The van der Waals surface area contributed by atoms with Crippen molar-refractivity contribution < 1.29 is 14.4 Å². The first kappa shape index (κ1) is 79.4. The number of amides is 3. The molecular weight excluding hydrogens is 993 g/mol. The molecule has 3 amide bonds. The highest BCUT2D eigenvalue weighted by atomic mass is 16.2. The van der Waals surface area contributed by atoms with Crippen molar-refractivity contribution in [2.24, 2.45) is 0 Å². The van der Waals surface area contributed by atoms with Crippen LogP contribution in [-0.2, 0) is 14.4 Å². The van der Waals surface area contributed by atoms with Gasteiger partial charge in [0, 0.05) is 58.5 Å². The molecule has 0 aromatic carbocycles. The SMILES string of the molecule is CCCCCCCCCCN(CCCCCCCCCC)C(=O)CCCCCCCN(CCCCCCCC(=O)N(CCCCCCCCCC)CCCCCCCCCC)CCCCCC(=O)N(CCCCCC)CCCCCC. The summed E-state index contributed by atoms with van der Waals surface area (Å²) in [4.78, 5) is 50.2. The van der Waals surface area contributed by atoms with E-state index < -0.39 is 0 Å². The van der Waals surface area contributed by atoms with Crippen LogP contribution >= 0.6 is 0 Å². The van der Waals surface area contributed by atoms with Crippen LogP contribution in [0.15, 0.2) is 0 Å². The van der Waals surface area contributed by atoms with Crippen molar-refractivity contribution in [3.05, 3.63) is 0 Å². The Labute approximate surface area is 509 Å². The molecule has 0 saturated carbocycles. The Kier molecular flexibility index (Phi) is 64.6. The Hall–Kier alpha value is -1.63. The second-order valence-electron chi connectivity index (χ2n) is 25.9. The van der Waals surface area contributed by atoms with Gasteiger partial charge in [-0.15, -0.1) is 0 Å². The molecule has 0 aliphatic carbocycles. The van der Waals surface area contributed by atoms with Crippen LogP contribution in [0.3, 0.4) is 0 Å². The van der Waals surface area contributed by atoms with Crippen LogP contribution in [0, 0.1) is 0 Å². The number of unbranched alkanes of at least 4 members (excludes halogenated alkanes) is 44. The smallest absolute Gasteiger partial charge is 0.222 e. The standard InChI is InChI=1S/C74H148N4O3/c1-7-13-19-25-29-33-43-56-68-77(69-57-44-34-30-26-20-14-8-2)72(79)60-48-39-37-41-51-63-75(65-53-47-50-62-74(81)76(66-54-23-17-11-5)67-55-24-18-12-6)64-52-42-38-40-49-61-73(80)78(70-58-45-35-31-27-21-15-9-3)71-59-46-36-32-28-22-16-10-4/h7-71H2,1-6H3. The summed E-state index contributed by atoms with van der Waals surface area (Å²) in [5.41, 5.74) is 0. The van der Waals surface area contributed by atoms with Crippen molar-refractivity contribution in [1.29, 1.82) is 0 Å². The van der Waals surface area contributed by atoms with E-state index in [-0.39, 0.29) is 0 Å². The molecule has 0 atom stereocenters. The number of nitrogens with zero attached hydrogens (tertiary/aromatic N) is 4. The van der Waals surface area contributed by atoms with Gasteiger partial charge in [0.25, 0.3) is 0 Å². The van der Waals surface area contributed by atoms with E-state index in [0.29, 0.717) is 24.1 Å². The van der Waals surface area contributed by atoms with Gasteiger partial charge in [-0.3, -0.25) is 14.4 Å². The Balaban J connectivity index is 5.24. The summed E-state index contributed by atoms with van der Waals surface area (Å²) in [6.07, 6.45) is 69.2. The number of hydrogen-bond donors (Lipinski definition) is 0. The van der Waals surface area contributed by atoms with Crippen molar-refractivity contribution in [2.45, 2.75) is 401 Å². The minimum Gasteiger partial charge on any atom is -0.343 e. The van der Waals surface area contributed by atoms with Gasteiger partial charge in [0.15, 0.2) is 0 Å². The summed E-state index contributed by atoms with van der Waals surface area (Å²) >= 11 is 0. The van der Waals surface area contributed by atoms with Gasteiger partial charge >= 0.3 is 0 Å². The van der Waals surface area contributed by atoms with E-state index in [1.54, 1.807) is 0 Å². The molecule has 0 aromatic heterocycles. The van der Waals surface area contributed by atoms with Gasteiger partial charge in [0.2, 0.25) is 17.7 Å². The van der Waals surface area contributed by atoms with Gasteiger partial charge in [-0.05, 0) is 96.7 Å². The Morgan fingerprint density at radius 3 is 0.506 bits per heavy atom. The number of rotatable bonds is 68. The van der Waals surface area contributed by atoms with Crippen molar-refractivity contribution in [3.8, 4) is 0 Å². The zero-order chi connectivity index (χ0) is 59.0. The van der Waals surface area contributed by atoms with E-state index in [2.05, 4.69) is 61.1 Å². The molecule has 0 spiro atoms. The fraction of sp³-hybridized carbons (Fsp3) is 0.959. The molecular formula is C74H148N4O3. The minimum atomic E-state index is 0.391. The first-order valence-electron chi connectivity index (χ1n) is 37.4. The summed E-state index contributed by atoms with van der Waals surface area (Å²) in [5, 5.41) is 0. The molecule has 0 aliphatic rings. The highest BCUT2D eigenvalue weighted by Crippen LogP contribution is 2.18. The first-order valence-corrected chi connectivity index (χ1v) is 37.4. The van der Waals surface area contributed by atoms with E-state index in [0.717, 1.165) is 123 Å². The molecule has 7 nitrogen and oxygen atoms in total. The van der Waals surface area contributed by atoms with Gasteiger partial charge < -0.3 is 19.6 Å². The number of hydrogen-bond acceptors (Lipinski definition) is 4. The highest BCUT2D eigenvalue weighted by Gasteiger charge is 2.16. The maximum atomic E-state index is 13.6. The molecule has 0 aliphatic heterocycles. The average Bonchev–Trinajstić information content (AvgIpc) is 3.47. The van der Waals surface area contributed by atoms with Crippen LogP contribution in [0.25, 0.3) is 0 Å². The third kappa shape index (κ3) is 56.0. The topological polar surface area (TPSA) is 64.2 Å². The summed E-state index contributed by atoms with van der Waals surface area (Å²) < 4.78 is 0. The molecule has 7 heteroatoms. The first-order chi connectivity index (χ1) is 39.9. The maximum Gasteiger partial charge on any atom is 0.222 e. The molecule has 0 unspecified atom stereocenters. The minimum absolute atomic E-state index is 0.391. The van der Waals surface area contributed by atoms with Gasteiger partial charge in [-0.25, -0.2) is 0 Å². The Morgan fingerprint density at radius 2 is 0.309 bits per heavy atom. The summed E-state index contributed by atoms with van der Waals surface area (Å²) in [6.45, 7) is 22.9. The van der Waals surface area contributed by atoms with Crippen molar-refractivity contribution in [3.63, 3.8) is 0 Å². The molecule has 0 aromatic rings. The lowest BCUT2D eigenvalue weighted by Gasteiger charge is -2.24. The van der Waals surface area contributed by atoms with Crippen molar-refractivity contribution >= 4 is 17.7 Å². The van der Waals surface area contributed by atoms with Crippen molar-refractivity contribution in [2.75, 3.05) is 58.9 Å². The van der Waals surface area contributed by atoms with E-state index in [9.17, 15) is 14.4 Å². The largest absolute Gasteiger partial charge is 0.343 e. The normalized spacial score (nSPS) is 11.6. The van der Waals surface area contributed by atoms with Crippen LogP contribution in [-0.4, -0.2) is 96.2 Å². The fourth-order valence-electron chi connectivity index (χ4n) is 12.2. The quantitative estimate of drug-likeness (QED) is 0.0569. The molecule has 0 rings (SSSR count). The predicted molar refractivity (Wildman–Crippen MR) is 359 cm³/mol. The van der Waals surface area contributed by atoms with Gasteiger partial charge in [-0.1, -0.05) is 305 Å². The van der Waals surface area contributed by atoms with E-state index in [1.807, 2.05) is 0 Å². The lowest BCUT2D eigenvalue weighted by molar-refractivity contribution is -0.132. The average molecular weight is 1140 g/mol. The summed E-state index contributed by atoms with van der Waals surface area (Å²) in [5.74, 6) is 1.22. The molecule has 0 N–H and O–H groups in total. The van der Waals surface area contributed by atoms with Gasteiger partial charge in [0.05, 0.1) is 0 Å². The molecule has 482 valence electrons. The van der Waals surface area contributed by atoms with E-state index >= 15 is 0 Å². The van der Waals surface area contributed by atoms with Gasteiger partial charge in [-0.2, -0.15) is 0 Å². The monoisotopic (exact) mass is 1140 g/mol. The van der Waals surface area contributed by atoms with E-state index in [4.69, 9.17) is 0 Å². The van der Waals surface area contributed by atoms with E-state index in [1.165, 1.54) is 289 Å². The van der Waals surface area contributed by atoms with Crippen LogP contribution in [0.2, 0.25) is 0 Å². The zero-order valence-electron chi connectivity index (χ0n) is 56.5. The van der Waals surface area contributed by atoms with Crippen LogP contribution in [0.4, 0.5) is 0 Å². The second kappa shape index (κ2) is 65.9. The molecule has 81 heavy (non-hydrogen) atoms. The molecule has 0 radical (unpaired) electrons. The van der Waals surface area contributed by atoms with Crippen LogP contribution in [0.5, 0.6) is 0 Å². The third-order valence-corrected chi connectivity index (χ3v) is 17.8. The lowest BCUT2D eigenvalue weighted by Crippen LogP contribution is -2.33. The fourth-order valence-corrected chi connectivity index (χ4v) is 12.2. The molecule has 0 fully saturated rings. The number of carbonyl (C=O) groups is 3. The van der Waals surface area contributed by atoms with Crippen LogP contribution in [0.1, 0.15) is 401 Å². The van der Waals surface area contributed by atoms with Crippen molar-refractivity contribution in [1.82, 2.24) is 19.6 Å². The lowest BCUT2D eigenvalue weighted by atomic mass is 10.1. The Bertz CT molecular complexity index is 1160. The maximum absolute atomic E-state index is 13.6. The third-order valence-electron chi connectivity index (χ3n) is 17.8. The van der Waals surface area contributed by atoms with Crippen LogP contribution < -0.4 is 0 Å². The Morgan fingerprint density at radius 1 is 0.173 bits per heavy atom. The molecule has 0 heterocycles. The molecule has 0 saturated heterocycles. The highest BCUT2D eigenvalue weighted by molar-refractivity contribution is 5.76. The predicted octanol–water partition coefficient (Wildman–Crippen LogP) is 22.7. The second-order valence-corrected chi connectivity index (χ2v) is 25.9.